The van der Waals surface area contributed by atoms with Crippen LogP contribution in [0.1, 0.15) is 22.7 Å². The van der Waals surface area contributed by atoms with Gasteiger partial charge < -0.3 is 10.1 Å². The highest BCUT2D eigenvalue weighted by molar-refractivity contribution is 5.71. The van der Waals surface area contributed by atoms with Gasteiger partial charge in [-0.15, -0.1) is 0 Å². The van der Waals surface area contributed by atoms with E-state index in [4.69, 9.17) is 0 Å². The van der Waals surface area contributed by atoms with Gasteiger partial charge in [-0.05, 0) is 22.8 Å². The molecule has 1 aliphatic rings. The second-order valence-corrected chi connectivity index (χ2v) is 4.72. The van der Waals surface area contributed by atoms with Crippen molar-refractivity contribution in [3.63, 3.8) is 0 Å². The third-order valence-corrected chi connectivity index (χ3v) is 3.38. The van der Waals surface area contributed by atoms with Gasteiger partial charge in [-0.2, -0.15) is 0 Å². The summed E-state index contributed by atoms with van der Waals surface area (Å²) in [5.74, 6) is 0. The first-order valence-corrected chi connectivity index (χ1v) is 6.42. The van der Waals surface area contributed by atoms with Gasteiger partial charge in [-0.25, -0.2) is 0 Å². The Bertz CT molecular complexity index is 616. The van der Waals surface area contributed by atoms with Gasteiger partial charge >= 0.3 is 0 Å². The zero-order valence-corrected chi connectivity index (χ0v) is 10.5. The molecule has 3 rings (SSSR count). The molecule has 0 bridgehead atoms. The van der Waals surface area contributed by atoms with E-state index in [0.717, 1.165) is 29.5 Å². The largest absolute Gasteiger partial charge is 0.375 e. The van der Waals surface area contributed by atoms with Crippen LogP contribution in [0.5, 0.6) is 0 Å². The minimum atomic E-state index is -0.236. The number of benzene rings is 2. The molecule has 1 atom stereocenters. The molecule has 0 saturated carbocycles. The van der Waals surface area contributed by atoms with Crippen LogP contribution in [0, 0.1) is 0 Å². The molecule has 2 nitrogen and oxygen atoms in total. The first-order valence-electron chi connectivity index (χ1n) is 6.42. The van der Waals surface area contributed by atoms with Gasteiger partial charge in [0, 0.05) is 12.1 Å². The quantitative estimate of drug-likeness (QED) is 0.847. The Morgan fingerprint density at radius 2 is 1.74 bits per heavy atom. The van der Waals surface area contributed by atoms with Crippen molar-refractivity contribution < 1.29 is 4.79 Å². The van der Waals surface area contributed by atoms with E-state index in [1.165, 1.54) is 5.56 Å². The van der Waals surface area contributed by atoms with Crippen LogP contribution >= 0.6 is 0 Å². The van der Waals surface area contributed by atoms with Gasteiger partial charge in [-0.1, -0.05) is 54.6 Å². The maximum Gasteiger partial charge on any atom is 0.146 e. The number of rotatable bonds is 3. The van der Waals surface area contributed by atoms with Crippen molar-refractivity contribution in [3.8, 4) is 0 Å². The molecule has 2 aromatic rings. The Morgan fingerprint density at radius 3 is 2.53 bits per heavy atom. The lowest BCUT2D eigenvalue weighted by Gasteiger charge is -2.24. The third kappa shape index (κ3) is 2.43. The molecule has 0 amide bonds. The summed E-state index contributed by atoms with van der Waals surface area (Å²) in [6, 6.07) is 18.0. The lowest BCUT2D eigenvalue weighted by Crippen LogP contribution is -2.26. The summed E-state index contributed by atoms with van der Waals surface area (Å²) in [4.78, 5) is 11.2. The van der Waals surface area contributed by atoms with Crippen molar-refractivity contribution in [1.82, 2.24) is 5.32 Å². The van der Waals surface area contributed by atoms with Gasteiger partial charge in [0.25, 0.3) is 0 Å². The van der Waals surface area contributed by atoms with E-state index in [2.05, 4.69) is 29.6 Å². The summed E-state index contributed by atoms with van der Waals surface area (Å²) in [5, 5.41) is 3.30. The molecule has 2 heteroatoms. The van der Waals surface area contributed by atoms with Crippen molar-refractivity contribution in [3.05, 3.63) is 77.0 Å². The van der Waals surface area contributed by atoms with Crippen LogP contribution in [0.25, 0.3) is 6.08 Å². The Balaban J connectivity index is 1.92. The molecule has 0 saturated heterocycles. The number of allylic oxidation sites excluding steroid dienone is 1. The molecule has 0 spiro atoms. The number of nitrogens with one attached hydrogen (secondary N) is 1. The number of aldehydes is 1. The molecular formula is C17H15NO. The molecule has 0 aliphatic carbocycles. The second kappa shape index (κ2) is 5.11. The topological polar surface area (TPSA) is 29.1 Å². The van der Waals surface area contributed by atoms with E-state index in [0.29, 0.717) is 0 Å². The van der Waals surface area contributed by atoms with E-state index in [9.17, 15) is 4.79 Å². The van der Waals surface area contributed by atoms with Crippen LogP contribution in [0.15, 0.2) is 60.3 Å². The smallest absolute Gasteiger partial charge is 0.146 e. The van der Waals surface area contributed by atoms with Gasteiger partial charge in [0.1, 0.15) is 12.3 Å². The number of carbonyl (C=O) groups is 1. The van der Waals surface area contributed by atoms with E-state index in [1.807, 2.05) is 36.4 Å². The lowest BCUT2D eigenvalue weighted by atomic mass is 9.95. The number of hydrogen-bond acceptors (Lipinski definition) is 2. The molecule has 94 valence electrons. The van der Waals surface area contributed by atoms with Crippen LogP contribution in [-0.4, -0.2) is 6.29 Å². The highest BCUT2D eigenvalue weighted by Gasteiger charge is 2.19. The molecule has 0 fully saturated rings. The third-order valence-electron chi connectivity index (χ3n) is 3.38. The Kier molecular flexibility index (Phi) is 3.15. The summed E-state index contributed by atoms with van der Waals surface area (Å²) in [5.41, 5.74) is 4.51. The molecule has 0 radical (unpaired) electrons. The Hall–Kier alpha value is -2.35. The van der Waals surface area contributed by atoms with Gasteiger partial charge in [0.05, 0.1) is 0 Å². The highest BCUT2D eigenvalue weighted by atomic mass is 16.1. The van der Waals surface area contributed by atoms with E-state index in [1.54, 1.807) is 0 Å². The van der Waals surface area contributed by atoms with E-state index >= 15 is 0 Å². The minimum Gasteiger partial charge on any atom is -0.375 e. The monoisotopic (exact) mass is 249 g/mol. The maximum absolute atomic E-state index is 11.2. The predicted octanol–water partition coefficient (Wildman–Crippen LogP) is 3.11. The summed E-state index contributed by atoms with van der Waals surface area (Å²) in [6.07, 6.45) is 3.92. The fourth-order valence-corrected chi connectivity index (χ4v) is 2.46. The van der Waals surface area contributed by atoms with Crippen molar-refractivity contribution in [2.75, 3.05) is 0 Å². The van der Waals surface area contributed by atoms with E-state index < -0.39 is 0 Å². The summed E-state index contributed by atoms with van der Waals surface area (Å²) < 4.78 is 0. The summed E-state index contributed by atoms with van der Waals surface area (Å²) >= 11 is 0. The molecule has 1 N–H and O–H groups in total. The second-order valence-electron chi connectivity index (χ2n) is 4.72. The molecule has 0 aromatic heterocycles. The highest BCUT2D eigenvalue weighted by Crippen LogP contribution is 2.26. The summed E-state index contributed by atoms with van der Waals surface area (Å²) in [6.45, 7) is 0. The van der Waals surface area contributed by atoms with Crippen LogP contribution < -0.4 is 5.32 Å². The fraction of sp³-hybridized carbons (Fsp3) is 0.118. The van der Waals surface area contributed by atoms with Gasteiger partial charge in [0.2, 0.25) is 0 Å². The lowest BCUT2D eigenvalue weighted by molar-refractivity contribution is -0.109. The Morgan fingerprint density at radius 1 is 1.00 bits per heavy atom. The summed E-state index contributed by atoms with van der Waals surface area (Å²) in [7, 11) is 0. The average Bonchev–Trinajstić information content (AvgIpc) is 2.47. The molecule has 1 aliphatic heterocycles. The zero-order chi connectivity index (χ0) is 13.1. The van der Waals surface area contributed by atoms with Crippen LogP contribution in [-0.2, 0) is 11.2 Å². The standard InChI is InChI=1S/C17H15NO/c19-12-17-16-9-5-4-8-14(16)11-15(18-17)10-13-6-2-1-3-7-13/h1-9,11-12,17-18H,10H2. The molecule has 19 heavy (non-hydrogen) atoms. The normalized spacial score (nSPS) is 17.1. The van der Waals surface area contributed by atoms with Crippen molar-refractivity contribution in [2.45, 2.75) is 12.5 Å². The minimum absolute atomic E-state index is 0.236. The van der Waals surface area contributed by atoms with E-state index in [-0.39, 0.29) is 6.04 Å². The Labute approximate surface area is 112 Å². The SMILES string of the molecule is O=CC1NC(Cc2ccccc2)=Cc2ccccc21. The number of carbonyl (C=O) groups excluding carboxylic acids is 1. The van der Waals surface area contributed by atoms with Crippen LogP contribution in [0.2, 0.25) is 0 Å². The number of hydrogen-bond donors (Lipinski definition) is 1. The first kappa shape index (κ1) is 11.7. The van der Waals surface area contributed by atoms with Crippen molar-refractivity contribution in [2.24, 2.45) is 0 Å². The fourth-order valence-electron chi connectivity index (χ4n) is 2.46. The van der Waals surface area contributed by atoms with Crippen LogP contribution in [0.4, 0.5) is 0 Å². The molecular weight excluding hydrogens is 234 g/mol. The molecule has 1 heterocycles. The zero-order valence-electron chi connectivity index (χ0n) is 10.5. The first-order chi connectivity index (χ1) is 9.36. The molecule has 2 aromatic carbocycles. The van der Waals surface area contributed by atoms with Gasteiger partial charge in [0.15, 0.2) is 0 Å². The average molecular weight is 249 g/mol. The van der Waals surface area contributed by atoms with Crippen molar-refractivity contribution in [1.29, 1.82) is 0 Å². The molecule has 1 unspecified atom stereocenters. The predicted molar refractivity (Wildman–Crippen MR) is 76.5 cm³/mol. The van der Waals surface area contributed by atoms with Crippen LogP contribution in [0.3, 0.4) is 0 Å². The van der Waals surface area contributed by atoms with Gasteiger partial charge in [-0.3, -0.25) is 0 Å². The maximum atomic E-state index is 11.2. The van der Waals surface area contributed by atoms with Crippen molar-refractivity contribution >= 4 is 12.4 Å². The number of fused-ring (bicyclic) bond motifs is 1.